The van der Waals surface area contributed by atoms with E-state index in [9.17, 15) is 19.5 Å². The molecule has 3 atom stereocenters. The molecule has 0 spiro atoms. The number of benzene rings is 3. The van der Waals surface area contributed by atoms with Crippen molar-refractivity contribution in [1.29, 1.82) is 0 Å². The van der Waals surface area contributed by atoms with Gasteiger partial charge in [0.05, 0.1) is 11.9 Å². The second-order valence-corrected chi connectivity index (χ2v) is 12.5. The molecule has 4 amide bonds. The Labute approximate surface area is 245 Å². The van der Waals surface area contributed by atoms with Crippen LogP contribution in [0.3, 0.4) is 0 Å². The molecule has 41 heavy (non-hydrogen) atoms. The fourth-order valence-electron chi connectivity index (χ4n) is 4.92. The summed E-state index contributed by atoms with van der Waals surface area (Å²) in [5, 5.41) is 19.9. The van der Waals surface area contributed by atoms with Crippen LogP contribution in [0, 0.1) is 13.8 Å². The number of hydrogen-bond acceptors (Lipinski definition) is 5. The van der Waals surface area contributed by atoms with Crippen LogP contribution in [0.1, 0.15) is 36.1 Å². The van der Waals surface area contributed by atoms with Crippen LogP contribution in [0.2, 0.25) is 0 Å². The summed E-state index contributed by atoms with van der Waals surface area (Å²) in [7, 11) is 0. The number of rotatable bonds is 9. The first-order valence-corrected chi connectivity index (χ1v) is 14.7. The summed E-state index contributed by atoms with van der Waals surface area (Å²) < 4.78 is -0.573. The van der Waals surface area contributed by atoms with Gasteiger partial charge in [-0.3, -0.25) is 9.59 Å². The van der Waals surface area contributed by atoms with E-state index >= 15 is 0 Å². The number of aliphatic hydroxyl groups excluding tert-OH is 1. The lowest BCUT2D eigenvalue weighted by Crippen LogP contribution is -2.59. The molecule has 4 rings (SSSR count). The molecule has 3 aromatic rings. The van der Waals surface area contributed by atoms with E-state index in [0.29, 0.717) is 12.2 Å². The Balaban J connectivity index is 1.50. The Bertz CT molecular complexity index is 1360. The second-order valence-electron chi connectivity index (χ2n) is 10.9. The summed E-state index contributed by atoms with van der Waals surface area (Å²) in [4.78, 5) is 41.6. The van der Waals surface area contributed by atoms with Crippen molar-refractivity contribution in [1.82, 2.24) is 15.5 Å². The lowest BCUT2D eigenvalue weighted by molar-refractivity contribution is -0.147. The van der Waals surface area contributed by atoms with Crippen molar-refractivity contribution in [3.05, 3.63) is 101 Å². The number of thioether (sulfide) groups is 1. The van der Waals surface area contributed by atoms with Crippen LogP contribution in [0.5, 0.6) is 0 Å². The standard InChI is InChI=1S/C32H38N4O4S/c1-21-14-16-25(17-15-21)34-31(40)35-26(18-23-11-6-5-7-12-23)27(37)30(39)36-20-41-32(3,4)28(36)29(38)33-19-24-13-9-8-10-22(24)2/h5-17,26-28,37H,18-20H2,1-4H3,(H,33,38)(H2,34,35,40). The summed E-state index contributed by atoms with van der Waals surface area (Å²) in [5.74, 6) is -0.636. The lowest BCUT2D eigenvalue weighted by atomic mass is 9.97. The minimum atomic E-state index is -1.57. The molecule has 1 saturated heterocycles. The third-order valence-corrected chi connectivity index (χ3v) is 8.72. The summed E-state index contributed by atoms with van der Waals surface area (Å²) in [6, 6.07) is 22.2. The minimum absolute atomic E-state index is 0.226. The van der Waals surface area contributed by atoms with Crippen LogP contribution in [0.25, 0.3) is 0 Å². The Kier molecular flexibility index (Phi) is 9.73. The lowest BCUT2D eigenvalue weighted by Gasteiger charge is -2.33. The Morgan fingerprint density at radius 2 is 1.63 bits per heavy atom. The summed E-state index contributed by atoms with van der Waals surface area (Å²) >= 11 is 1.48. The van der Waals surface area contributed by atoms with Crippen molar-refractivity contribution < 1.29 is 19.5 Å². The van der Waals surface area contributed by atoms with Crippen molar-refractivity contribution in [3.8, 4) is 0 Å². The maximum atomic E-state index is 13.8. The molecule has 1 fully saturated rings. The first-order chi connectivity index (χ1) is 19.5. The molecule has 3 aromatic carbocycles. The highest BCUT2D eigenvalue weighted by atomic mass is 32.2. The Morgan fingerprint density at radius 3 is 2.32 bits per heavy atom. The molecule has 3 unspecified atom stereocenters. The zero-order valence-corrected chi connectivity index (χ0v) is 24.7. The van der Waals surface area contributed by atoms with Gasteiger partial charge in [-0.25, -0.2) is 4.79 Å². The average Bonchev–Trinajstić information content (AvgIpc) is 3.27. The van der Waals surface area contributed by atoms with Crippen LogP contribution >= 0.6 is 11.8 Å². The van der Waals surface area contributed by atoms with E-state index in [-0.39, 0.29) is 18.2 Å². The van der Waals surface area contributed by atoms with Gasteiger partial charge in [0, 0.05) is 17.0 Å². The van der Waals surface area contributed by atoms with Gasteiger partial charge in [0.25, 0.3) is 5.91 Å². The maximum absolute atomic E-state index is 13.8. The van der Waals surface area contributed by atoms with Gasteiger partial charge in [-0.05, 0) is 62.9 Å². The van der Waals surface area contributed by atoms with Crippen LogP contribution in [-0.4, -0.2) is 56.7 Å². The zero-order valence-electron chi connectivity index (χ0n) is 23.9. The van der Waals surface area contributed by atoms with Gasteiger partial charge in [-0.15, -0.1) is 11.8 Å². The fourth-order valence-corrected chi connectivity index (χ4v) is 6.06. The van der Waals surface area contributed by atoms with Crippen LogP contribution in [-0.2, 0) is 22.6 Å². The Morgan fingerprint density at radius 1 is 0.976 bits per heavy atom. The summed E-state index contributed by atoms with van der Waals surface area (Å²) in [5.41, 5.74) is 4.56. The first kappa shape index (κ1) is 30.1. The largest absolute Gasteiger partial charge is 0.381 e. The van der Waals surface area contributed by atoms with Crippen molar-refractivity contribution in [2.75, 3.05) is 11.2 Å². The number of aliphatic hydroxyl groups is 1. The van der Waals surface area contributed by atoms with Crippen LogP contribution < -0.4 is 16.0 Å². The first-order valence-electron chi connectivity index (χ1n) is 13.7. The third kappa shape index (κ3) is 7.68. The number of nitrogens with one attached hydrogen (secondary N) is 3. The number of aryl methyl sites for hydroxylation is 2. The maximum Gasteiger partial charge on any atom is 0.319 e. The van der Waals surface area contributed by atoms with Gasteiger partial charge in [0.15, 0.2) is 6.10 Å². The summed E-state index contributed by atoms with van der Waals surface area (Å²) in [6.07, 6.45) is -1.34. The predicted molar refractivity (Wildman–Crippen MR) is 163 cm³/mol. The number of carbonyl (C=O) groups excluding carboxylic acids is 3. The highest BCUT2D eigenvalue weighted by molar-refractivity contribution is 8.00. The van der Waals surface area contributed by atoms with Crippen molar-refractivity contribution in [2.45, 2.75) is 63.6 Å². The SMILES string of the molecule is Cc1ccc(NC(=O)NC(Cc2ccccc2)C(O)C(=O)N2CSC(C)(C)C2C(=O)NCc2ccccc2C)cc1. The van der Waals surface area contributed by atoms with Gasteiger partial charge in [-0.1, -0.05) is 72.3 Å². The van der Waals surface area contributed by atoms with E-state index < -0.39 is 34.9 Å². The normalized spacial score (nSPS) is 17.4. The summed E-state index contributed by atoms with van der Waals surface area (Å²) in [6.45, 7) is 8.12. The molecular weight excluding hydrogens is 536 g/mol. The Hall–Kier alpha value is -3.82. The number of hydrogen-bond donors (Lipinski definition) is 4. The average molecular weight is 575 g/mol. The number of urea groups is 1. The molecule has 0 bridgehead atoms. The van der Waals surface area contributed by atoms with Gasteiger partial charge in [-0.2, -0.15) is 0 Å². The van der Waals surface area contributed by atoms with Crippen LogP contribution in [0.15, 0.2) is 78.9 Å². The van der Waals surface area contributed by atoms with E-state index in [2.05, 4.69) is 16.0 Å². The molecule has 0 radical (unpaired) electrons. The molecule has 1 aliphatic heterocycles. The number of anilines is 1. The second kappa shape index (κ2) is 13.2. The molecule has 0 aromatic heterocycles. The zero-order chi connectivity index (χ0) is 29.6. The van der Waals surface area contributed by atoms with Crippen LogP contribution in [0.4, 0.5) is 10.5 Å². The van der Waals surface area contributed by atoms with E-state index in [1.54, 1.807) is 12.1 Å². The molecule has 9 heteroatoms. The van der Waals surface area contributed by atoms with Gasteiger partial charge in [0.2, 0.25) is 5.91 Å². The smallest absolute Gasteiger partial charge is 0.319 e. The van der Waals surface area contributed by atoms with E-state index in [1.165, 1.54) is 16.7 Å². The molecule has 0 aliphatic carbocycles. The van der Waals surface area contributed by atoms with Gasteiger partial charge in [0.1, 0.15) is 6.04 Å². The van der Waals surface area contributed by atoms with Crippen molar-refractivity contribution in [2.24, 2.45) is 0 Å². The fraction of sp³-hybridized carbons (Fsp3) is 0.344. The molecule has 0 saturated carbocycles. The van der Waals surface area contributed by atoms with E-state index in [1.807, 2.05) is 94.4 Å². The highest BCUT2D eigenvalue weighted by Gasteiger charge is 2.49. The predicted octanol–water partition coefficient (Wildman–Crippen LogP) is 4.39. The van der Waals surface area contributed by atoms with E-state index in [4.69, 9.17) is 0 Å². The molecule has 1 aliphatic rings. The molecular formula is C32H38N4O4S. The quantitative estimate of drug-likeness (QED) is 0.303. The number of amides is 4. The number of carbonyl (C=O) groups is 3. The number of nitrogens with zero attached hydrogens (tertiary/aromatic N) is 1. The topological polar surface area (TPSA) is 111 Å². The van der Waals surface area contributed by atoms with Gasteiger partial charge >= 0.3 is 6.03 Å². The van der Waals surface area contributed by atoms with Crippen molar-refractivity contribution >= 4 is 35.3 Å². The third-order valence-electron chi connectivity index (χ3n) is 7.35. The van der Waals surface area contributed by atoms with Crippen molar-refractivity contribution in [3.63, 3.8) is 0 Å². The highest BCUT2D eigenvalue weighted by Crippen LogP contribution is 2.40. The minimum Gasteiger partial charge on any atom is -0.381 e. The molecule has 216 valence electrons. The molecule has 4 N–H and O–H groups in total. The monoisotopic (exact) mass is 574 g/mol. The van der Waals surface area contributed by atoms with Gasteiger partial charge < -0.3 is 26.0 Å². The molecule has 8 nitrogen and oxygen atoms in total. The van der Waals surface area contributed by atoms with E-state index in [0.717, 1.165) is 22.3 Å². The molecule has 1 heterocycles.